The number of aryl methyl sites for hydroxylation is 3. The summed E-state index contributed by atoms with van der Waals surface area (Å²) in [6, 6.07) is 12.6. The maximum absolute atomic E-state index is 13.3. The lowest BCUT2D eigenvalue weighted by Crippen LogP contribution is -2.58. The molecule has 1 aliphatic carbocycles. The Morgan fingerprint density at radius 3 is 2.86 bits per heavy atom. The smallest absolute Gasteiger partial charge is 0.254 e. The summed E-state index contributed by atoms with van der Waals surface area (Å²) < 4.78 is 12.5. The number of piperidine rings is 1. The standard InChI is InChI=1S/C33H39N5O5/c1-21-10-11-23-17-30(21)43-24-7-5-6-22(16-24)20-42-29-14-15-38(18-28(29)34-31(39)19-37(2)33(23)41)32(40)13-12-27-25-8-3-4-9-26(25)35-36-27/h5-7,10-11,16-17,28-29H,3-4,8-9,12-15,18-20H2,1-2H3,(H,34,39)(H,35,36)/t28-,29+/m0/s1. The van der Waals surface area contributed by atoms with E-state index in [2.05, 4.69) is 15.5 Å². The molecule has 2 N–H and O–H groups in total. The first-order chi connectivity index (χ1) is 20.8. The minimum absolute atomic E-state index is 0.0414. The number of ether oxygens (including phenoxy) is 2. The third-order valence-corrected chi connectivity index (χ3v) is 8.72. The number of carbonyl (C=O) groups is 3. The lowest BCUT2D eigenvalue weighted by atomic mass is 9.94. The Morgan fingerprint density at radius 2 is 1.98 bits per heavy atom. The number of rotatable bonds is 3. The monoisotopic (exact) mass is 585 g/mol. The number of fused-ring (bicyclic) bond motifs is 6. The van der Waals surface area contributed by atoms with Crippen molar-refractivity contribution in [1.82, 2.24) is 25.3 Å². The van der Waals surface area contributed by atoms with E-state index in [1.54, 1.807) is 19.2 Å². The molecule has 1 saturated heterocycles. The number of hydrogen-bond acceptors (Lipinski definition) is 6. The zero-order valence-corrected chi connectivity index (χ0v) is 24.9. The predicted octanol–water partition coefficient (Wildman–Crippen LogP) is 3.71. The second-order valence-corrected chi connectivity index (χ2v) is 11.9. The number of nitrogens with one attached hydrogen (secondary N) is 2. The van der Waals surface area contributed by atoms with E-state index in [0.29, 0.717) is 56.0 Å². The summed E-state index contributed by atoms with van der Waals surface area (Å²) in [5.74, 6) is 0.690. The lowest BCUT2D eigenvalue weighted by molar-refractivity contribution is -0.137. The fourth-order valence-electron chi connectivity index (χ4n) is 6.27. The van der Waals surface area contributed by atoms with E-state index in [0.717, 1.165) is 36.1 Å². The average molecular weight is 586 g/mol. The van der Waals surface area contributed by atoms with Crippen LogP contribution in [0, 0.1) is 6.92 Å². The van der Waals surface area contributed by atoms with E-state index < -0.39 is 6.04 Å². The maximum Gasteiger partial charge on any atom is 0.254 e. The third kappa shape index (κ3) is 6.59. The van der Waals surface area contributed by atoms with Crippen molar-refractivity contribution in [1.29, 1.82) is 0 Å². The minimum atomic E-state index is -0.412. The molecule has 10 nitrogen and oxygen atoms in total. The molecule has 2 aliphatic heterocycles. The van der Waals surface area contributed by atoms with Crippen LogP contribution in [0.2, 0.25) is 0 Å². The van der Waals surface area contributed by atoms with Gasteiger partial charge >= 0.3 is 0 Å². The third-order valence-electron chi connectivity index (χ3n) is 8.72. The molecule has 2 aromatic carbocycles. The summed E-state index contributed by atoms with van der Waals surface area (Å²) in [5.41, 5.74) is 5.76. The Bertz CT molecular complexity index is 1520. The van der Waals surface area contributed by atoms with Gasteiger partial charge in [-0.2, -0.15) is 5.10 Å². The molecule has 3 aromatic rings. The van der Waals surface area contributed by atoms with Crippen LogP contribution < -0.4 is 10.1 Å². The highest BCUT2D eigenvalue weighted by Crippen LogP contribution is 2.28. The topological polar surface area (TPSA) is 117 Å². The van der Waals surface area contributed by atoms with Gasteiger partial charge in [-0.25, -0.2) is 0 Å². The number of hydrogen-bond donors (Lipinski definition) is 2. The molecule has 3 heterocycles. The molecule has 2 atom stereocenters. The number of nitrogens with zero attached hydrogens (tertiary/aromatic N) is 3. The van der Waals surface area contributed by atoms with Crippen LogP contribution in [0.4, 0.5) is 0 Å². The normalized spacial score (nSPS) is 21.0. The Balaban J connectivity index is 1.18. The number of aromatic nitrogens is 2. The molecular weight excluding hydrogens is 546 g/mol. The molecule has 6 rings (SSSR count). The van der Waals surface area contributed by atoms with Crippen molar-refractivity contribution in [2.75, 3.05) is 26.7 Å². The van der Waals surface area contributed by atoms with E-state index in [1.165, 1.54) is 22.6 Å². The number of amides is 3. The predicted molar refractivity (Wildman–Crippen MR) is 160 cm³/mol. The molecule has 226 valence electrons. The average Bonchev–Trinajstić information content (AvgIpc) is 3.42. The molecule has 1 aromatic heterocycles. The molecule has 3 aliphatic rings. The maximum atomic E-state index is 13.3. The largest absolute Gasteiger partial charge is 0.457 e. The first-order valence-corrected chi connectivity index (χ1v) is 15.2. The Morgan fingerprint density at radius 1 is 1.12 bits per heavy atom. The fraction of sp³-hybridized carbons (Fsp3) is 0.455. The van der Waals surface area contributed by atoms with E-state index in [-0.39, 0.29) is 30.4 Å². The SMILES string of the molecule is Cc1ccc2cc1Oc1cccc(c1)CO[C@@H]1CCN(C(=O)CCc3n[nH]c4c3CCCC4)C[C@@H]1NC(=O)CN(C)C2=O. The highest BCUT2D eigenvalue weighted by atomic mass is 16.5. The summed E-state index contributed by atoms with van der Waals surface area (Å²) >= 11 is 0. The molecular formula is C33H39N5O5. The summed E-state index contributed by atoms with van der Waals surface area (Å²) in [6.07, 6.45) is 5.64. The quantitative estimate of drug-likeness (QED) is 0.484. The van der Waals surface area contributed by atoms with Crippen LogP contribution in [0.1, 0.15) is 64.1 Å². The van der Waals surface area contributed by atoms with Crippen molar-refractivity contribution in [3.05, 3.63) is 76.1 Å². The molecule has 0 saturated carbocycles. The van der Waals surface area contributed by atoms with Crippen LogP contribution in [-0.2, 0) is 40.2 Å². The summed E-state index contributed by atoms with van der Waals surface area (Å²) in [7, 11) is 1.60. The Labute approximate surface area is 251 Å². The molecule has 43 heavy (non-hydrogen) atoms. The van der Waals surface area contributed by atoms with Gasteiger partial charge in [-0.15, -0.1) is 0 Å². The number of carbonyl (C=O) groups excluding carboxylic acids is 3. The number of likely N-dealkylation sites (tertiary alicyclic amines) is 1. The fourth-order valence-corrected chi connectivity index (χ4v) is 6.27. The van der Waals surface area contributed by atoms with E-state index >= 15 is 0 Å². The van der Waals surface area contributed by atoms with Gasteiger partial charge in [0.2, 0.25) is 11.8 Å². The van der Waals surface area contributed by atoms with Crippen molar-refractivity contribution in [3.8, 4) is 11.5 Å². The second kappa shape index (κ2) is 12.6. The summed E-state index contributed by atoms with van der Waals surface area (Å²) in [4.78, 5) is 43.0. The molecule has 0 radical (unpaired) electrons. The first kappa shape index (κ1) is 28.9. The van der Waals surface area contributed by atoms with Crippen LogP contribution in [0.3, 0.4) is 0 Å². The number of likely N-dealkylation sites (N-methyl/N-ethyl adjacent to an activating group) is 1. The molecule has 1 fully saturated rings. The zero-order valence-electron chi connectivity index (χ0n) is 24.9. The van der Waals surface area contributed by atoms with Gasteiger partial charge in [-0.05, 0) is 80.0 Å². The van der Waals surface area contributed by atoms with Gasteiger partial charge in [0.1, 0.15) is 11.5 Å². The van der Waals surface area contributed by atoms with Crippen LogP contribution in [0.5, 0.6) is 11.5 Å². The van der Waals surface area contributed by atoms with Crippen molar-refractivity contribution in [2.24, 2.45) is 0 Å². The molecule has 4 bridgehead atoms. The minimum Gasteiger partial charge on any atom is -0.457 e. The van der Waals surface area contributed by atoms with Crippen molar-refractivity contribution in [3.63, 3.8) is 0 Å². The molecule has 0 spiro atoms. The van der Waals surface area contributed by atoms with Gasteiger partial charge in [-0.1, -0.05) is 18.2 Å². The number of aromatic amines is 1. The molecule has 0 unspecified atom stereocenters. The van der Waals surface area contributed by atoms with Crippen LogP contribution >= 0.6 is 0 Å². The highest BCUT2D eigenvalue weighted by Gasteiger charge is 2.34. The highest BCUT2D eigenvalue weighted by molar-refractivity contribution is 5.96. The van der Waals surface area contributed by atoms with E-state index in [9.17, 15) is 14.4 Å². The van der Waals surface area contributed by atoms with Crippen LogP contribution in [-0.4, -0.2) is 76.5 Å². The van der Waals surface area contributed by atoms with E-state index in [1.807, 2.05) is 42.2 Å². The van der Waals surface area contributed by atoms with Crippen molar-refractivity contribution < 1.29 is 23.9 Å². The summed E-state index contributed by atoms with van der Waals surface area (Å²) in [6.45, 7) is 3.03. The number of benzene rings is 2. The van der Waals surface area contributed by atoms with Crippen molar-refractivity contribution >= 4 is 17.7 Å². The van der Waals surface area contributed by atoms with Gasteiger partial charge in [0.05, 0.1) is 31.0 Å². The molecule has 3 amide bonds. The Kier molecular flexibility index (Phi) is 8.47. The Hall–Kier alpha value is -4.18. The number of H-pyrrole nitrogens is 1. The first-order valence-electron chi connectivity index (χ1n) is 15.2. The van der Waals surface area contributed by atoms with Crippen molar-refractivity contribution in [2.45, 2.75) is 70.6 Å². The van der Waals surface area contributed by atoms with Crippen LogP contribution in [0.15, 0.2) is 42.5 Å². The van der Waals surface area contributed by atoms with Gasteiger partial charge in [0, 0.05) is 44.2 Å². The van der Waals surface area contributed by atoms with Gasteiger partial charge < -0.3 is 24.6 Å². The van der Waals surface area contributed by atoms with Gasteiger partial charge in [0.15, 0.2) is 0 Å². The lowest BCUT2D eigenvalue weighted by Gasteiger charge is -2.39. The molecule has 10 heteroatoms. The van der Waals surface area contributed by atoms with Gasteiger partial charge in [0.25, 0.3) is 5.91 Å². The zero-order chi connectivity index (χ0) is 29.9. The summed E-state index contributed by atoms with van der Waals surface area (Å²) in [5, 5.41) is 10.7. The van der Waals surface area contributed by atoms with Gasteiger partial charge in [-0.3, -0.25) is 19.5 Å². The van der Waals surface area contributed by atoms with E-state index in [4.69, 9.17) is 9.47 Å². The van der Waals surface area contributed by atoms with Crippen LogP contribution in [0.25, 0.3) is 0 Å². The second-order valence-electron chi connectivity index (χ2n) is 11.9.